The summed E-state index contributed by atoms with van der Waals surface area (Å²) in [5, 5.41) is 3.48. The fourth-order valence-electron chi connectivity index (χ4n) is 2.33. The summed E-state index contributed by atoms with van der Waals surface area (Å²) in [4.78, 5) is 23.8. The van der Waals surface area contributed by atoms with Gasteiger partial charge >= 0.3 is 5.76 Å². The number of carbonyl (C=O) groups is 1. The Balaban J connectivity index is 1.59. The molecule has 1 amide bonds. The SMILES string of the molecule is O=C(CCn1c(=O)oc2ccccc21)NCc1ccc(Cl)cc1. The second-order valence-electron chi connectivity index (χ2n) is 5.14. The number of benzene rings is 2. The van der Waals surface area contributed by atoms with Crippen LogP contribution in [0.2, 0.25) is 5.02 Å². The molecule has 3 aromatic rings. The van der Waals surface area contributed by atoms with Crippen LogP contribution >= 0.6 is 11.6 Å². The summed E-state index contributed by atoms with van der Waals surface area (Å²) < 4.78 is 6.60. The molecule has 0 radical (unpaired) electrons. The quantitative estimate of drug-likeness (QED) is 0.782. The number of aromatic nitrogens is 1. The van der Waals surface area contributed by atoms with Crippen molar-refractivity contribution < 1.29 is 9.21 Å². The van der Waals surface area contributed by atoms with E-state index < -0.39 is 5.76 Å². The standard InChI is InChI=1S/C17H15ClN2O3/c18-13-7-5-12(6-8-13)11-19-16(21)9-10-20-14-3-1-2-4-15(14)23-17(20)22/h1-8H,9-11H2,(H,19,21). The zero-order valence-corrected chi connectivity index (χ0v) is 13.0. The van der Waals surface area contributed by atoms with Crippen molar-refractivity contribution in [3.8, 4) is 0 Å². The van der Waals surface area contributed by atoms with Crippen molar-refractivity contribution >= 4 is 28.6 Å². The van der Waals surface area contributed by atoms with Crippen LogP contribution in [0.5, 0.6) is 0 Å². The number of nitrogens with zero attached hydrogens (tertiary/aromatic N) is 1. The molecule has 0 saturated heterocycles. The van der Waals surface area contributed by atoms with Crippen LogP contribution in [0.4, 0.5) is 0 Å². The molecule has 0 saturated carbocycles. The third-order valence-corrected chi connectivity index (χ3v) is 3.79. The zero-order valence-electron chi connectivity index (χ0n) is 12.3. The first kappa shape index (κ1) is 15.4. The molecule has 0 aliphatic carbocycles. The highest BCUT2D eigenvalue weighted by molar-refractivity contribution is 6.30. The third-order valence-electron chi connectivity index (χ3n) is 3.54. The summed E-state index contributed by atoms with van der Waals surface area (Å²) in [5.41, 5.74) is 2.19. The van der Waals surface area contributed by atoms with Gasteiger partial charge in [-0.2, -0.15) is 0 Å². The first-order valence-electron chi connectivity index (χ1n) is 7.23. The summed E-state index contributed by atoms with van der Waals surface area (Å²) in [6.07, 6.45) is 0.205. The van der Waals surface area contributed by atoms with Gasteiger partial charge in [-0.3, -0.25) is 9.36 Å². The summed E-state index contributed by atoms with van der Waals surface area (Å²) in [7, 11) is 0. The molecule has 0 spiro atoms. The van der Waals surface area contributed by atoms with Gasteiger partial charge in [0.15, 0.2) is 5.58 Å². The number of hydrogen-bond donors (Lipinski definition) is 1. The summed E-state index contributed by atoms with van der Waals surface area (Å²) in [6, 6.07) is 14.4. The van der Waals surface area contributed by atoms with E-state index in [1.165, 1.54) is 4.57 Å². The molecule has 1 heterocycles. The van der Waals surface area contributed by atoms with Gasteiger partial charge in [-0.15, -0.1) is 0 Å². The number of para-hydroxylation sites is 2. The highest BCUT2D eigenvalue weighted by atomic mass is 35.5. The second kappa shape index (κ2) is 6.71. The minimum Gasteiger partial charge on any atom is -0.408 e. The van der Waals surface area contributed by atoms with Crippen molar-refractivity contribution in [1.29, 1.82) is 0 Å². The zero-order chi connectivity index (χ0) is 16.2. The Kier molecular flexibility index (Phi) is 4.48. The molecule has 0 fully saturated rings. The first-order chi connectivity index (χ1) is 11.1. The number of hydrogen-bond acceptors (Lipinski definition) is 3. The van der Waals surface area contributed by atoms with Gasteiger partial charge in [-0.25, -0.2) is 4.79 Å². The Morgan fingerprint density at radius 3 is 2.65 bits per heavy atom. The van der Waals surface area contributed by atoms with Gasteiger partial charge in [-0.05, 0) is 29.8 Å². The van der Waals surface area contributed by atoms with E-state index in [1.54, 1.807) is 30.3 Å². The van der Waals surface area contributed by atoms with Crippen molar-refractivity contribution in [3.05, 3.63) is 69.7 Å². The molecule has 0 atom stereocenters. The molecule has 0 unspecified atom stereocenters. The van der Waals surface area contributed by atoms with Crippen molar-refractivity contribution in [2.75, 3.05) is 0 Å². The van der Waals surface area contributed by atoms with Crippen molar-refractivity contribution in [1.82, 2.24) is 9.88 Å². The summed E-state index contributed by atoms with van der Waals surface area (Å²) >= 11 is 5.82. The Morgan fingerprint density at radius 1 is 1.13 bits per heavy atom. The topological polar surface area (TPSA) is 64.2 Å². The Morgan fingerprint density at radius 2 is 1.87 bits per heavy atom. The Labute approximate surface area is 137 Å². The fraction of sp³-hybridized carbons (Fsp3) is 0.176. The molecular weight excluding hydrogens is 316 g/mol. The molecule has 0 bridgehead atoms. The van der Waals surface area contributed by atoms with Crippen LogP contribution in [-0.4, -0.2) is 10.5 Å². The number of aryl methyl sites for hydroxylation is 1. The normalized spacial score (nSPS) is 10.8. The van der Waals surface area contributed by atoms with Crippen LogP contribution in [0.1, 0.15) is 12.0 Å². The number of oxazole rings is 1. The number of fused-ring (bicyclic) bond motifs is 1. The monoisotopic (exact) mass is 330 g/mol. The van der Waals surface area contributed by atoms with Gasteiger partial charge in [-0.1, -0.05) is 35.9 Å². The third kappa shape index (κ3) is 3.63. The van der Waals surface area contributed by atoms with Gasteiger partial charge in [0.05, 0.1) is 5.52 Å². The minimum absolute atomic E-state index is 0.128. The number of amides is 1. The van der Waals surface area contributed by atoms with Crippen molar-refractivity contribution in [2.45, 2.75) is 19.5 Å². The number of nitrogens with one attached hydrogen (secondary N) is 1. The lowest BCUT2D eigenvalue weighted by Crippen LogP contribution is -2.25. The lowest BCUT2D eigenvalue weighted by atomic mass is 10.2. The molecule has 6 heteroatoms. The molecule has 1 N–H and O–H groups in total. The lowest BCUT2D eigenvalue weighted by molar-refractivity contribution is -0.121. The van der Waals surface area contributed by atoms with Gasteiger partial charge in [0.25, 0.3) is 0 Å². The van der Waals surface area contributed by atoms with E-state index in [-0.39, 0.29) is 18.9 Å². The average molecular weight is 331 g/mol. The molecule has 1 aromatic heterocycles. The highest BCUT2D eigenvalue weighted by Gasteiger charge is 2.10. The van der Waals surface area contributed by atoms with Crippen LogP contribution in [0, 0.1) is 0 Å². The largest absolute Gasteiger partial charge is 0.419 e. The van der Waals surface area contributed by atoms with Crippen molar-refractivity contribution in [2.24, 2.45) is 0 Å². The van der Waals surface area contributed by atoms with Crippen LogP contribution in [0.25, 0.3) is 11.1 Å². The van der Waals surface area contributed by atoms with Crippen LogP contribution < -0.4 is 11.1 Å². The highest BCUT2D eigenvalue weighted by Crippen LogP contribution is 2.12. The van der Waals surface area contributed by atoms with Crippen molar-refractivity contribution in [3.63, 3.8) is 0 Å². The molecule has 0 aliphatic heterocycles. The smallest absolute Gasteiger partial charge is 0.408 e. The summed E-state index contributed by atoms with van der Waals surface area (Å²) in [6.45, 7) is 0.708. The lowest BCUT2D eigenvalue weighted by Gasteiger charge is -2.06. The molecule has 3 rings (SSSR count). The maximum absolute atomic E-state index is 11.9. The Bertz CT molecular complexity index is 881. The van der Waals surface area contributed by atoms with E-state index in [4.69, 9.17) is 16.0 Å². The predicted molar refractivity (Wildman–Crippen MR) is 88.4 cm³/mol. The minimum atomic E-state index is -0.447. The maximum atomic E-state index is 11.9. The van der Waals surface area contributed by atoms with Gasteiger partial charge in [0.2, 0.25) is 5.91 Å². The number of halogens is 1. The predicted octanol–water partition coefficient (Wildman–Crippen LogP) is 2.95. The molecule has 2 aromatic carbocycles. The number of carbonyl (C=O) groups excluding carboxylic acids is 1. The van der Waals surface area contributed by atoms with E-state index in [1.807, 2.05) is 18.2 Å². The Hall–Kier alpha value is -2.53. The van der Waals surface area contributed by atoms with E-state index in [9.17, 15) is 9.59 Å². The maximum Gasteiger partial charge on any atom is 0.419 e. The first-order valence-corrected chi connectivity index (χ1v) is 7.61. The van der Waals surface area contributed by atoms with Gasteiger partial charge in [0.1, 0.15) is 0 Å². The molecular formula is C17H15ClN2O3. The van der Waals surface area contributed by atoms with E-state index >= 15 is 0 Å². The molecule has 23 heavy (non-hydrogen) atoms. The average Bonchev–Trinajstić information content (AvgIpc) is 2.87. The second-order valence-corrected chi connectivity index (χ2v) is 5.58. The van der Waals surface area contributed by atoms with Crippen LogP contribution in [0.3, 0.4) is 0 Å². The molecule has 5 nitrogen and oxygen atoms in total. The molecule has 118 valence electrons. The van der Waals surface area contributed by atoms with Gasteiger partial charge in [0, 0.05) is 24.5 Å². The molecule has 0 aliphatic rings. The summed E-state index contributed by atoms with van der Waals surface area (Å²) in [5.74, 6) is -0.575. The van der Waals surface area contributed by atoms with Gasteiger partial charge < -0.3 is 9.73 Å². The van der Waals surface area contributed by atoms with E-state index in [2.05, 4.69) is 5.32 Å². The van der Waals surface area contributed by atoms with Crippen LogP contribution in [0.15, 0.2) is 57.7 Å². The van der Waals surface area contributed by atoms with E-state index in [0.29, 0.717) is 22.7 Å². The number of rotatable bonds is 5. The van der Waals surface area contributed by atoms with Crippen LogP contribution in [-0.2, 0) is 17.9 Å². The fourth-order valence-corrected chi connectivity index (χ4v) is 2.46. The van der Waals surface area contributed by atoms with E-state index in [0.717, 1.165) is 5.56 Å².